The van der Waals surface area contributed by atoms with Crippen molar-refractivity contribution in [1.82, 2.24) is 5.32 Å². The van der Waals surface area contributed by atoms with Gasteiger partial charge in [-0.1, -0.05) is 31.2 Å². The highest BCUT2D eigenvalue weighted by Gasteiger charge is 2.25. The monoisotopic (exact) mass is 696 g/mol. The van der Waals surface area contributed by atoms with Gasteiger partial charge in [-0.05, 0) is 84.8 Å². The fourth-order valence-electron chi connectivity index (χ4n) is 5.42. The van der Waals surface area contributed by atoms with Crippen molar-refractivity contribution in [2.45, 2.75) is 31.1 Å². The quantitative estimate of drug-likeness (QED) is 0.107. The van der Waals surface area contributed by atoms with Crippen LogP contribution >= 0.6 is 23.1 Å². The van der Waals surface area contributed by atoms with Crippen molar-refractivity contribution in [1.29, 1.82) is 5.26 Å². The van der Waals surface area contributed by atoms with Crippen LogP contribution < -0.4 is 30.2 Å². The summed E-state index contributed by atoms with van der Waals surface area (Å²) in [6.07, 6.45) is 4.33. The van der Waals surface area contributed by atoms with Gasteiger partial charge in [0, 0.05) is 21.0 Å². The largest absolute Gasteiger partial charge is 0.493 e. The molecule has 1 aromatic heterocycles. The van der Waals surface area contributed by atoms with Crippen LogP contribution in [0.1, 0.15) is 45.3 Å². The van der Waals surface area contributed by atoms with Crippen LogP contribution in [0, 0.1) is 17.2 Å². The van der Waals surface area contributed by atoms with Crippen LogP contribution in [0.5, 0.6) is 17.2 Å². The van der Waals surface area contributed by atoms with Crippen LogP contribution in [0.25, 0.3) is 6.08 Å². The van der Waals surface area contributed by atoms with E-state index < -0.39 is 11.8 Å². The summed E-state index contributed by atoms with van der Waals surface area (Å²) in [5.74, 6) is 0.567. The van der Waals surface area contributed by atoms with Crippen molar-refractivity contribution in [2.24, 2.45) is 5.92 Å². The van der Waals surface area contributed by atoms with Crippen molar-refractivity contribution < 1.29 is 28.6 Å². The Morgan fingerprint density at radius 3 is 2.39 bits per heavy atom. The van der Waals surface area contributed by atoms with E-state index in [0.717, 1.165) is 29.7 Å². The Morgan fingerprint density at radius 1 is 0.980 bits per heavy atom. The van der Waals surface area contributed by atoms with E-state index in [1.807, 2.05) is 6.07 Å². The van der Waals surface area contributed by atoms with E-state index in [9.17, 15) is 19.6 Å². The van der Waals surface area contributed by atoms with E-state index in [0.29, 0.717) is 50.5 Å². The Morgan fingerprint density at radius 2 is 1.71 bits per heavy atom. The van der Waals surface area contributed by atoms with Crippen molar-refractivity contribution in [2.75, 3.05) is 37.7 Å². The highest BCUT2D eigenvalue weighted by atomic mass is 32.2. The molecule has 1 atom stereocenters. The Balaban J connectivity index is 1.32. The molecule has 0 saturated heterocycles. The number of thiophene rings is 1. The molecule has 0 fully saturated rings. The van der Waals surface area contributed by atoms with Gasteiger partial charge in [-0.3, -0.25) is 14.4 Å². The van der Waals surface area contributed by atoms with Gasteiger partial charge < -0.3 is 30.2 Å². The summed E-state index contributed by atoms with van der Waals surface area (Å²) in [5.41, 5.74) is 2.97. The first-order valence-corrected chi connectivity index (χ1v) is 17.3. The van der Waals surface area contributed by atoms with Crippen LogP contribution in [-0.2, 0) is 22.4 Å². The van der Waals surface area contributed by atoms with Gasteiger partial charge in [0.15, 0.2) is 11.5 Å². The van der Waals surface area contributed by atoms with Gasteiger partial charge in [-0.15, -0.1) is 23.1 Å². The Bertz CT molecular complexity index is 1910. The lowest BCUT2D eigenvalue weighted by Gasteiger charge is -2.17. The summed E-state index contributed by atoms with van der Waals surface area (Å²) in [5, 5.41) is 18.9. The molecule has 3 amide bonds. The summed E-state index contributed by atoms with van der Waals surface area (Å²) in [7, 11) is 4.47. The zero-order chi connectivity index (χ0) is 34.9. The summed E-state index contributed by atoms with van der Waals surface area (Å²) in [4.78, 5) is 41.7. The number of nitriles is 1. The smallest absolute Gasteiger partial charge is 0.272 e. The van der Waals surface area contributed by atoms with Crippen LogP contribution in [0.3, 0.4) is 0 Å². The highest BCUT2D eigenvalue weighted by molar-refractivity contribution is 8.00. The molecular formula is C37H36N4O6S2. The number of thioether (sulfide) groups is 1. The number of ether oxygens (including phenoxy) is 3. The number of amides is 3. The van der Waals surface area contributed by atoms with E-state index in [-0.39, 0.29) is 17.4 Å². The predicted molar refractivity (Wildman–Crippen MR) is 193 cm³/mol. The third kappa shape index (κ3) is 8.62. The summed E-state index contributed by atoms with van der Waals surface area (Å²) in [6, 6.07) is 21.2. The molecule has 0 radical (unpaired) electrons. The molecule has 5 rings (SSSR count). The van der Waals surface area contributed by atoms with Crippen LogP contribution in [0.2, 0.25) is 0 Å². The zero-order valence-electron chi connectivity index (χ0n) is 27.5. The van der Waals surface area contributed by atoms with Gasteiger partial charge in [-0.2, -0.15) is 5.26 Å². The van der Waals surface area contributed by atoms with Crippen molar-refractivity contribution in [3.8, 4) is 23.3 Å². The number of nitrogens with one attached hydrogen (secondary N) is 3. The minimum absolute atomic E-state index is 0.0260. The number of benzene rings is 3. The number of carbonyl (C=O) groups is 3. The lowest BCUT2D eigenvalue weighted by Crippen LogP contribution is -2.30. The molecule has 3 N–H and O–H groups in total. The molecule has 1 unspecified atom stereocenters. The first kappa shape index (κ1) is 35.1. The van der Waals surface area contributed by atoms with Crippen LogP contribution in [0.4, 0.5) is 10.7 Å². The average molecular weight is 697 g/mol. The number of anilines is 2. The molecular weight excluding hydrogens is 661 g/mol. The molecule has 252 valence electrons. The van der Waals surface area contributed by atoms with Gasteiger partial charge in [0.2, 0.25) is 11.7 Å². The van der Waals surface area contributed by atoms with Gasteiger partial charge in [0.1, 0.15) is 16.8 Å². The van der Waals surface area contributed by atoms with E-state index in [2.05, 4.69) is 28.9 Å². The third-order valence-electron chi connectivity index (χ3n) is 7.87. The number of hydrogen-bond acceptors (Lipinski definition) is 9. The van der Waals surface area contributed by atoms with Gasteiger partial charge in [0.25, 0.3) is 11.8 Å². The molecule has 1 aliphatic carbocycles. The molecule has 0 spiro atoms. The molecule has 0 saturated carbocycles. The molecule has 1 heterocycles. The maximum absolute atomic E-state index is 13.7. The first-order valence-electron chi connectivity index (χ1n) is 15.5. The predicted octanol–water partition coefficient (Wildman–Crippen LogP) is 6.91. The molecule has 1 aliphatic rings. The minimum Gasteiger partial charge on any atom is -0.493 e. The Hall–Kier alpha value is -5.25. The second-order valence-corrected chi connectivity index (χ2v) is 13.5. The van der Waals surface area contributed by atoms with E-state index >= 15 is 0 Å². The molecule has 0 bridgehead atoms. The third-order valence-corrected chi connectivity index (χ3v) is 10.0. The topological polar surface area (TPSA) is 139 Å². The van der Waals surface area contributed by atoms with Gasteiger partial charge >= 0.3 is 0 Å². The Labute approximate surface area is 293 Å². The van der Waals surface area contributed by atoms with E-state index in [4.69, 9.17) is 14.2 Å². The van der Waals surface area contributed by atoms with Crippen LogP contribution in [-0.4, -0.2) is 44.8 Å². The standard InChI is InChI=1S/C37H36N4O6S2/c1-22-13-14-27-28(20-38)37(49-32(27)15-22)41-33(42)21-48-26-12-8-11-25(19-26)39-36(44)29(40-35(43)24-9-6-5-7-10-24)16-23-17-30(45-2)34(47-4)31(18-23)46-3/h5-12,16-19,22H,13-15,21H2,1-4H3,(H,39,44)(H,40,43)(H,41,42)/b29-16+. The molecule has 3 aromatic carbocycles. The zero-order valence-corrected chi connectivity index (χ0v) is 29.2. The van der Waals surface area contributed by atoms with Gasteiger partial charge in [-0.25, -0.2) is 0 Å². The lowest BCUT2D eigenvalue weighted by atomic mass is 9.89. The van der Waals surface area contributed by atoms with Crippen LogP contribution in [0.15, 0.2) is 77.3 Å². The van der Waals surface area contributed by atoms with E-state index in [1.165, 1.54) is 55.4 Å². The maximum Gasteiger partial charge on any atom is 0.272 e. The number of nitrogens with zero attached hydrogens (tertiary/aromatic N) is 1. The van der Waals surface area contributed by atoms with E-state index in [1.54, 1.807) is 60.7 Å². The number of rotatable bonds is 12. The van der Waals surface area contributed by atoms with Crippen molar-refractivity contribution >= 4 is 57.6 Å². The van der Waals surface area contributed by atoms with Crippen molar-refractivity contribution in [3.63, 3.8) is 0 Å². The highest BCUT2D eigenvalue weighted by Crippen LogP contribution is 2.40. The number of fused-ring (bicyclic) bond motifs is 1. The maximum atomic E-state index is 13.7. The normalized spacial score (nSPS) is 13.8. The number of carbonyl (C=O) groups excluding carboxylic acids is 3. The summed E-state index contributed by atoms with van der Waals surface area (Å²) in [6.45, 7) is 2.20. The summed E-state index contributed by atoms with van der Waals surface area (Å²) < 4.78 is 16.3. The number of methoxy groups -OCH3 is 3. The second-order valence-electron chi connectivity index (χ2n) is 11.3. The SMILES string of the molecule is COc1cc(/C=C(/NC(=O)c2ccccc2)C(=O)Nc2cccc(SCC(=O)Nc3sc4c(c3C#N)CCC(C)C4)c2)cc(OC)c1OC. The fourth-order valence-corrected chi connectivity index (χ4v) is 7.56. The molecule has 0 aliphatic heterocycles. The molecule has 10 nitrogen and oxygen atoms in total. The number of hydrogen-bond donors (Lipinski definition) is 3. The first-order chi connectivity index (χ1) is 23.7. The molecule has 12 heteroatoms. The minimum atomic E-state index is -0.571. The average Bonchev–Trinajstić information content (AvgIpc) is 3.45. The summed E-state index contributed by atoms with van der Waals surface area (Å²) >= 11 is 2.80. The lowest BCUT2D eigenvalue weighted by molar-refractivity contribution is -0.114. The second kappa shape index (κ2) is 16.2. The van der Waals surface area contributed by atoms with Crippen molar-refractivity contribution in [3.05, 3.63) is 99.6 Å². The fraction of sp³-hybridized carbons (Fsp3) is 0.243. The Kier molecular flexibility index (Phi) is 11.6. The molecule has 4 aromatic rings. The molecule has 49 heavy (non-hydrogen) atoms. The van der Waals surface area contributed by atoms with Gasteiger partial charge in [0.05, 0.1) is 32.6 Å².